The largest absolute Gasteiger partial charge is 0.422 e. The maximum atomic E-state index is 12.5. The lowest BCUT2D eigenvalue weighted by Crippen LogP contribution is -2.14. The molecule has 1 aromatic heterocycles. The highest BCUT2D eigenvalue weighted by Crippen LogP contribution is 2.31. The Bertz CT molecular complexity index is 946. The lowest BCUT2D eigenvalue weighted by atomic mass is 9.98. The number of amides is 1. The average molecular weight is 419 g/mol. The number of para-hydroxylation sites is 2. The molecule has 0 bridgehead atoms. The summed E-state index contributed by atoms with van der Waals surface area (Å²) in [4.78, 5) is 24.2. The molecular formula is C18H14INO3. The molecule has 1 heterocycles. The van der Waals surface area contributed by atoms with E-state index in [-0.39, 0.29) is 5.91 Å². The molecule has 1 N–H and O–H groups in total. The zero-order valence-corrected chi connectivity index (χ0v) is 14.6. The fraction of sp³-hybridized carbons (Fsp3) is 0.111. The van der Waals surface area contributed by atoms with Gasteiger partial charge in [0.2, 0.25) is 5.91 Å². The van der Waals surface area contributed by atoms with Gasteiger partial charge in [0.05, 0.1) is 9.99 Å². The number of benzene rings is 2. The molecule has 0 fully saturated rings. The van der Waals surface area contributed by atoms with Gasteiger partial charge in [-0.15, -0.1) is 0 Å². The lowest BCUT2D eigenvalue weighted by Gasteiger charge is -2.12. The van der Waals surface area contributed by atoms with Crippen molar-refractivity contribution in [1.29, 1.82) is 0 Å². The molecule has 3 rings (SSSR count). The molecule has 0 radical (unpaired) electrons. The van der Waals surface area contributed by atoms with E-state index < -0.39 is 5.63 Å². The van der Waals surface area contributed by atoms with E-state index in [0.717, 1.165) is 10.9 Å². The van der Waals surface area contributed by atoms with Crippen LogP contribution >= 0.6 is 22.6 Å². The van der Waals surface area contributed by atoms with Crippen LogP contribution < -0.4 is 10.9 Å². The van der Waals surface area contributed by atoms with E-state index in [4.69, 9.17) is 4.42 Å². The summed E-state index contributed by atoms with van der Waals surface area (Å²) in [7, 11) is 0. The molecule has 4 nitrogen and oxygen atoms in total. The van der Waals surface area contributed by atoms with Crippen LogP contribution in [0.2, 0.25) is 0 Å². The molecule has 3 aromatic rings. The van der Waals surface area contributed by atoms with Crippen molar-refractivity contribution in [1.82, 2.24) is 0 Å². The minimum absolute atomic E-state index is 0.110. The summed E-state index contributed by atoms with van der Waals surface area (Å²) < 4.78 is 5.79. The first-order valence-corrected chi connectivity index (χ1v) is 8.62. The number of alkyl halides is 1. The Hall–Kier alpha value is -2.15. The number of halogens is 1. The molecule has 0 aliphatic rings. The van der Waals surface area contributed by atoms with E-state index >= 15 is 0 Å². The summed E-state index contributed by atoms with van der Waals surface area (Å²) in [6.07, 6.45) is 0. The highest BCUT2D eigenvalue weighted by molar-refractivity contribution is 14.1. The van der Waals surface area contributed by atoms with Crippen LogP contribution in [0, 0.1) is 6.92 Å². The molecular weight excluding hydrogens is 405 g/mol. The molecule has 0 spiro atoms. The van der Waals surface area contributed by atoms with E-state index in [2.05, 4.69) is 5.32 Å². The molecule has 0 unspecified atom stereocenters. The molecule has 2 aromatic carbocycles. The molecule has 0 aliphatic carbocycles. The summed E-state index contributed by atoms with van der Waals surface area (Å²) in [5.74, 6) is -0.110. The van der Waals surface area contributed by atoms with Crippen molar-refractivity contribution >= 4 is 45.2 Å². The van der Waals surface area contributed by atoms with Gasteiger partial charge in [0.15, 0.2) is 0 Å². The highest BCUT2D eigenvalue weighted by Gasteiger charge is 2.16. The minimum atomic E-state index is -0.405. The summed E-state index contributed by atoms with van der Waals surface area (Å²) >= 11 is 2.00. The first-order valence-electron chi connectivity index (χ1n) is 7.09. The van der Waals surface area contributed by atoms with Gasteiger partial charge in [0.1, 0.15) is 5.58 Å². The van der Waals surface area contributed by atoms with E-state index in [1.807, 2.05) is 65.9 Å². The van der Waals surface area contributed by atoms with Crippen molar-refractivity contribution in [3.63, 3.8) is 0 Å². The number of hydrogen-bond acceptors (Lipinski definition) is 3. The first-order chi connectivity index (χ1) is 11.1. The van der Waals surface area contributed by atoms with Gasteiger partial charge >= 0.3 is 5.63 Å². The fourth-order valence-electron chi connectivity index (χ4n) is 2.61. The van der Waals surface area contributed by atoms with Crippen molar-refractivity contribution in [2.24, 2.45) is 0 Å². The second-order valence-electron chi connectivity index (χ2n) is 5.11. The summed E-state index contributed by atoms with van der Waals surface area (Å²) in [6, 6.07) is 14.7. The monoisotopic (exact) mass is 419 g/mol. The number of anilines is 1. The smallest absolute Gasteiger partial charge is 0.344 e. The highest BCUT2D eigenvalue weighted by atomic mass is 127. The Morgan fingerprint density at radius 3 is 2.61 bits per heavy atom. The normalized spacial score (nSPS) is 10.7. The van der Waals surface area contributed by atoms with Crippen LogP contribution in [0.1, 0.15) is 5.56 Å². The van der Waals surface area contributed by atoms with Gasteiger partial charge in [-0.1, -0.05) is 59.0 Å². The van der Waals surface area contributed by atoms with Gasteiger partial charge in [-0.2, -0.15) is 0 Å². The number of fused-ring (bicyclic) bond motifs is 1. The van der Waals surface area contributed by atoms with Crippen LogP contribution in [-0.2, 0) is 4.79 Å². The Balaban J connectivity index is 2.25. The van der Waals surface area contributed by atoms with Gasteiger partial charge < -0.3 is 9.73 Å². The van der Waals surface area contributed by atoms with Gasteiger partial charge in [-0.05, 0) is 24.6 Å². The number of carbonyl (C=O) groups is 1. The second-order valence-corrected chi connectivity index (χ2v) is 5.88. The van der Waals surface area contributed by atoms with Crippen LogP contribution in [-0.4, -0.2) is 10.3 Å². The third kappa shape index (κ3) is 3.01. The van der Waals surface area contributed by atoms with Crippen molar-refractivity contribution in [2.45, 2.75) is 6.92 Å². The second kappa shape index (κ2) is 6.54. The Labute approximate surface area is 146 Å². The number of carbonyl (C=O) groups excluding carboxylic acids is 1. The molecule has 1 amide bonds. The topological polar surface area (TPSA) is 59.3 Å². The predicted molar refractivity (Wildman–Crippen MR) is 100 cm³/mol. The molecule has 0 saturated heterocycles. The Kier molecular flexibility index (Phi) is 4.47. The molecule has 116 valence electrons. The van der Waals surface area contributed by atoms with Crippen molar-refractivity contribution in [3.8, 4) is 11.1 Å². The van der Waals surface area contributed by atoms with Crippen molar-refractivity contribution in [2.75, 3.05) is 9.74 Å². The van der Waals surface area contributed by atoms with Gasteiger partial charge in [0.25, 0.3) is 0 Å². The van der Waals surface area contributed by atoms with Gasteiger partial charge in [-0.3, -0.25) is 4.79 Å². The van der Waals surface area contributed by atoms with E-state index in [9.17, 15) is 9.59 Å². The number of hydrogen-bond donors (Lipinski definition) is 1. The van der Waals surface area contributed by atoms with Crippen LogP contribution in [0.25, 0.3) is 22.1 Å². The van der Waals surface area contributed by atoms with Crippen LogP contribution in [0.3, 0.4) is 0 Å². The van der Waals surface area contributed by atoms with E-state index in [1.54, 1.807) is 12.1 Å². The Morgan fingerprint density at radius 2 is 1.83 bits per heavy atom. The standard InChI is InChI=1S/C18H14INO3/c1-11-12-6-3-5-9-15(12)23-18(22)17(11)13-7-2-4-8-14(13)20-16(21)10-19/h2-9H,10H2,1H3,(H,20,21). The van der Waals surface area contributed by atoms with Gasteiger partial charge in [-0.25, -0.2) is 4.79 Å². The molecule has 23 heavy (non-hydrogen) atoms. The fourth-order valence-corrected chi connectivity index (χ4v) is 2.80. The third-order valence-electron chi connectivity index (χ3n) is 3.66. The van der Waals surface area contributed by atoms with Crippen molar-refractivity contribution in [3.05, 3.63) is 64.5 Å². The average Bonchev–Trinajstić information content (AvgIpc) is 2.56. The van der Waals surface area contributed by atoms with Crippen molar-refractivity contribution < 1.29 is 9.21 Å². The molecule has 0 saturated carbocycles. The van der Waals surface area contributed by atoms with E-state index in [1.165, 1.54) is 0 Å². The Morgan fingerprint density at radius 1 is 1.13 bits per heavy atom. The SMILES string of the molecule is Cc1c(-c2ccccc2NC(=O)CI)c(=O)oc2ccccc12. The zero-order chi connectivity index (χ0) is 16.4. The first kappa shape index (κ1) is 15.7. The summed E-state index contributed by atoms with van der Waals surface area (Å²) in [6.45, 7) is 1.89. The molecule has 0 aliphatic heterocycles. The third-order valence-corrected chi connectivity index (χ3v) is 4.36. The summed E-state index contributed by atoms with van der Waals surface area (Å²) in [5.41, 5.74) is 2.76. The number of aryl methyl sites for hydroxylation is 1. The zero-order valence-electron chi connectivity index (χ0n) is 12.4. The molecule has 0 atom stereocenters. The van der Waals surface area contributed by atoms with E-state index in [0.29, 0.717) is 26.8 Å². The van der Waals surface area contributed by atoms with Crippen LogP contribution in [0.4, 0.5) is 5.69 Å². The maximum absolute atomic E-state index is 12.5. The maximum Gasteiger partial charge on any atom is 0.344 e. The summed E-state index contributed by atoms with van der Waals surface area (Å²) in [5, 5.41) is 3.72. The van der Waals surface area contributed by atoms with Gasteiger partial charge in [0, 0.05) is 16.6 Å². The van der Waals surface area contributed by atoms with Crippen LogP contribution in [0.15, 0.2) is 57.7 Å². The molecule has 5 heteroatoms. The predicted octanol–water partition coefficient (Wildman–Crippen LogP) is 4.14. The number of nitrogens with one attached hydrogen (secondary N) is 1. The number of rotatable bonds is 3. The quantitative estimate of drug-likeness (QED) is 0.395. The van der Waals surface area contributed by atoms with Crippen LogP contribution in [0.5, 0.6) is 0 Å². The lowest BCUT2D eigenvalue weighted by molar-refractivity contribution is -0.113. The minimum Gasteiger partial charge on any atom is -0.422 e.